The van der Waals surface area contributed by atoms with E-state index in [1.807, 2.05) is 19.1 Å². The molecule has 0 aliphatic rings. The van der Waals surface area contributed by atoms with Gasteiger partial charge in [0.25, 0.3) is 0 Å². The number of nitrogens with one attached hydrogen (secondary N) is 1. The summed E-state index contributed by atoms with van der Waals surface area (Å²) in [6.45, 7) is 8.15. The van der Waals surface area contributed by atoms with E-state index in [1.165, 1.54) is 10.4 Å². The van der Waals surface area contributed by atoms with Crippen LogP contribution in [-0.4, -0.2) is 6.61 Å². The first kappa shape index (κ1) is 13.8. The Bertz CT molecular complexity index is 502. The molecule has 1 aromatic heterocycles. The third kappa shape index (κ3) is 4.89. The smallest absolute Gasteiger partial charge is 0.119 e. The van der Waals surface area contributed by atoms with E-state index in [0.717, 1.165) is 24.4 Å². The van der Waals surface area contributed by atoms with Crippen LogP contribution in [0.3, 0.4) is 0 Å². The van der Waals surface area contributed by atoms with Gasteiger partial charge in [-0.15, -0.1) is 11.3 Å². The Hall–Kier alpha value is -1.58. The van der Waals surface area contributed by atoms with E-state index in [9.17, 15) is 0 Å². The molecule has 0 aliphatic heterocycles. The summed E-state index contributed by atoms with van der Waals surface area (Å²) in [7, 11) is 0. The summed E-state index contributed by atoms with van der Waals surface area (Å²) in [4.78, 5) is 1.36. The van der Waals surface area contributed by atoms with Crippen LogP contribution in [0.25, 0.3) is 0 Å². The number of rotatable bonds is 7. The number of hydrogen-bond acceptors (Lipinski definition) is 3. The highest BCUT2D eigenvalue weighted by molar-refractivity contribution is 7.09. The molecule has 2 aromatic rings. The number of hydrogen-bond donors (Lipinski definition) is 1. The fourth-order valence-electron chi connectivity index (χ4n) is 1.65. The Morgan fingerprint density at radius 1 is 1.21 bits per heavy atom. The summed E-state index contributed by atoms with van der Waals surface area (Å²) < 4.78 is 5.57. The van der Waals surface area contributed by atoms with Gasteiger partial charge in [0, 0.05) is 18.0 Å². The molecule has 0 amide bonds. The predicted molar refractivity (Wildman–Crippen MR) is 81.6 cm³/mol. The van der Waals surface area contributed by atoms with Crippen molar-refractivity contribution in [2.75, 3.05) is 6.61 Å². The van der Waals surface area contributed by atoms with Crippen LogP contribution in [0.4, 0.5) is 0 Å². The molecule has 19 heavy (non-hydrogen) atoms. The molecule has 0 atom stereocenters. The first-order valence-corrected chi connectivity index (χ1v) is 7.21. The minimum absolute atomic E-state index is 0.579. The number of ether oxygens (including phenoxy) is 1. The molecule has 1 aromatic carbocycles. The molecule has 1 N–H and O–H groups in total. The number of thiophene rings is 1. The Morgan fingerprint density at radius 2 is 2.00 bits per heavy atom. The first-order chi connectivity index (χ1) is 9.24. The van der Waals surface area contributed by atoms with E-state index in [-0.39, 0.29) is 0 Å². The molecule has 0 fully saturated rings. The normalized spacial score (nSPS) is 10.4. The van der Waals surface area contributed by atoms with Crippen LogP contribution in [0.5, 0.6) is 5.75 Å². The van der Waals surface area contributed by atoms with Crippen LogP contribution in [0.15, 0.2) is 53.9 Å². The molecule has 0 spiro atoms. The molecule has 0 saturated carbocycles. The van der Waals surface area contributed by atoms with Crippen molar-refractivity contribution in [3.05, 3.63) is 64.4 Å². The van der Waals surface area contributed by atoms with Crippen LogP contribution in [-0.2, 0) is 13.1 Å². The third-order valence-corrected chi connectivity index (χ3v) is 3.49. The molecule has 1 heterocycles. The topological polar surface area (TPSA) is 21.3 Å². The SMILES string of the molecule is C=C(C)COc1ccc(CNCc2cccs2)cc1. The van der Waals surface area contributed by atoms with E-state index in [2.05, 4.69) is 41.5 Å². The fourth-order valence-corrected chi connectivity index (χ4v) is 2.33. The first-order valence-electron chi connectivity index (χ1n) is 6.33. The molecule has 0 bridgehead atoms. The van der Waals surface area contributed by atoms with Gasteiger partial charge in [-0.1, -0.05) is 24.8 Å². The second-order valence-corrected chi connectivity index (χ2v) is 5.60. The summed E-state index contributed by atoms with van der Waals surface area (Å²) in [5.74, 6) is 0.894. The van der Waals surface area contributed by atoms with Crippen LogP contribution >= 0.6 is 11.3 Å². The Kier molecular flexibility index (Phi) is 5.19. The van der Waals surface area contributed by atoms with E-state index >= 15 is 0 Å². The Labute approximate surface area is 118 Å². The van der Waals surface area contributed by atoms with E-state index in [1.54, 1.807) is 11.3 Å². The molecule has 0 unspecified atom stereocenters. The molecule has 100 valence electrons. The van der Waals surface area contributed by atoms with Gasteiger partial charge in [0.05, 0.1) is 0 Å². The largest absolute Gasteiger partial charge is 0.489 e. The predicted octanol–water partition coefficient (Wildman–Crippen LogP) is 3.99. The maximum Gasteiger partial charge on any atom is 0.119 e. The van der Waals surface area contributed by atoms with E-state index < -0.39 is 0 Å². The average Bonchev–Trinajstić information content (AvgIpc) is 2.91. The van der Waals surface area contributed by atoms with Gasteiger partial charge in [0.2, 0.25) is 0 Å². The average molecular weight is 273 g/mol. The lowest BCUT2D eigenvalue weighted by molar-refractivity contribution is 0.352. The fraction of sp³-hybridized carbons (Fsp3) is 0.250. The summed E-state index contributed by atoms with van der Waals surface area (Å²) in [6, 6.07) is 12.4. The van der Waals surface area contributed by atoms with Crippen molar-refractivity contribution in [3.8, 4) is 5.75 Å². The van der Waals surface area contributed by atoms with E-state index in [4.69, 9.17) is 4.74 Å². The lowest BCUT2D eigenvalue weighted by Crippen LogP contribution is -2.11. The lowest BCUT2D eigenvalue weighted by Gasteiger charge is -2.07. The zero-order valence-electron chi connectivity index (χ0n) is 11.2. The van der Waals surface area contributed by atoms with Crippen LogP contribution < -0.4 is 10.1 Å². The van der Waals surface area contributed by atoms with Gasteiger partial charge < -0.3 is 10.1 Å². The molecular weight excluding hydrogens is 254 g/mol. The molecule has 0 saturated heterocycles. The van der Waals surface area contributed by atoms with Crippen LogP contribution in [0.2, 0.25) is 0 Å². The van der Waals surface area contributed by atoms with Crippen molar-refractivity contribution in [2.45, 2.75) is 20.0 Å². The molecule has 2 rings (SSSR count). The highest BCUT2D eigenvalue weighted by atomic mass is 32.1. The third-order valence-electron chi connectivity index (χ3n) is 2.62. The van der Waals surface area contributed by atoms with Gasteiger partial charge in [-0.25, -0.2) is 0 Å². The van der Waals surface area contributed by atoms with Gasteiger partial charge in [0.15, 0.2) is 0 Å². The van der Waals surface area contributed by atoms with Crippen molar-refractivity contribution in [2.24, 2.45) is 0 Å². The van der Waals surface area contributed by atoms with Gasteiger partial charge in [0.1, 0.15) is 12.4 Å². The molecule has 0 aliphatic carbocycles. The minimum Gasteiger partial charge on any atom is -0.489 e. The summed E-state index contributed by atoms with van der Waals surface area (Å²) in [5.41, 5.74) is 2.29. The molecule has 2 nitrogen and oxygen atoms in total. The minimum atomic E-state index is 0.579. The van der Waals surface area contributed by atoms with Gasteiger partial charge in [-0.2, -0.15) is 0 Å². The maximum atomic E-state index is 5.57. The van der Waals surface area contributed by atoms with Crippen molar-refractivity contribution < 1.29 is 4.74 Å². The van der Waals surface area contributed by atoms with Crippen molar-refractivity contribution in [1.82, 2.24) is 5.32 Å². The van der Waals surface area contributed by atoms with Gasteiger partial charge >= 0.3 is 0 Å². The summed E-state index contributed by atoms with van der Waals surface area (Å²) in [6.07, 6.45) is 0. The molecular formula is C16H19NOS. The monoisotopic (exact) mass is 273 g/mol. The van der Waals surface area contributed by atoms with Crippen molar-refractivity contribution in [3.63, 3.8) is 0 Å². The summed E-state index contributed by atoms with van der Waals surface area (Å²) >= 11 is 1.78. The summed E-state index contributed by atoms with van der Waals surface area (Å²) in [5, 5.41) is 5.53. The standard InChI is InChI=1S/C16H19NOS/c1-13(2)12-18-15-7-5-14(6-8-15)10-17-11-16-4-3-9-19-16/h3-9,17H,1,10-12H2,2H3. The van der Waals surface area contributed by atoms with Crippen molar-refractivity contribution in [1.29, 1.82) is 0 Å². The van der Waals surface area contributed by atoms with E-state index in [0.29, 0.717) is 6.61 Å². The Balaban J connectivity index is 1.76. The lowest BCUT2D eigenvalue weighted by atomic mass is 10.2. The van der Waals surface area contributed by atoms with Gasteiger partial charge in [-0.05, 0) is 41.6 Å². The quantitative estimate of drug-likeness (QED) is 0.770. The highest BCUT2D eigenvalue weighted by Crippen LogP contribution is 2.13. The van der Waals surface area contributed by atoms with Crippen LogP contribution in [0, 0.1) is 0 Å². The molecule has 0 radical (unpaired) electrons. The second kappa shape index (κ2) is 7.12. The van der Waals surface area contributed by atoms with Crippen LogP contribution in [0.1, 0.15) is 17.4 Å². The zero-order valence-corrected chi connectivity index (χ0v) is 12.0. The second-order valence-electron chi connectivity index (χ2n) is 4.57. The molecule has 3 heteroatoms. The maximum absolute atomic E-state index is 5.57. The Morgan fingerprint density at radius 3 is 2.63 bits per heavy atom. The zero-order chi connectivity index (χ0) is 13.5. The van der Waals surface area contributed by atoms with Crippen molar-refractivity contribution >= 4 is 11.3 Å². The highest BCUT2D eigenvalue weighted by Gasteiger charge is 1.97. The number of benzene rings is 1. The van der Waals surface area contributed by atoms with Gasteiger partial charge in [-0.3, -0.25) is 0 Å².